The second-order valence-electron chi connectivity index (χ2n) is 10.0. The normalized spacial score (nSPS) is 11.2. The van der Waals surface area contributed by atoms with E-state index in [2.05, 4.69) is 34.0 Å². The van der Waals surface area contributed by atoms with Gasteiger partial charge in [-0.15, -0.1) is 9.73 Å². The van der Waals surface area contributed by atoms with Gasteiger partial charge in [-0.3, -0.25) is 9.59 Å². The van der Waals surface area contributed by atoms with E-state index in [1.807, 2.05) is 19.1 Å². The van der Waals surface area contributed by atoms with Crippen LogP contribution in [0.4, 0.5) is 5.69 Å². The molecule has 0 aliphatic heterocycles. The van der Waals surface area contributed by atoms with Gasteiger partial charge in [0.2, 0.25) is 5.91 Å². The number of hydrogen-bond donors (Lipinski definition) is 1. The Bertz CT molecular complexity index is 1190. The molecule has 206 valence electrons. The second-order valence-corrected chi connectivity index (χ2v) is 10.0. The fourth-order valence-corrected chi connectivity index (χ4v) is 4.39. The van der Waals surface area contributed by atoms with Gasteiger partial charge in [-0.05, 0) is 37.6 Å². The summed E-state index contributed by atoms with van der Waals surface area (Å²) < 4.78 is 6.77. The quantitative estimate of drug-likeness (QED) is 0.158. The molecule has 0 spiro atoms. The Balaban J connectivity index is 1.22. The molecular weight excluding hydrogens is 478 g/mol. The van der Waals surface area contributed by atoms with Crippen molar-refractivity contribution >= 4 is 29.8 Å². The summed E-state index contributed by atoms with van der Waals surface area (Å²) >= 11 is 0. The molecule has 3 rings (SSSR count). The van der Waals surface area contributed by atoms with Gasteiger partial charge >= 0.3 is 5.97 Å². The molecule has 2 aromatic heterocycles. The minimum Gasteiger partial charge on any atom is -0.466 e. The number of rotatable bonds is 18. The third-order valence-corrected chi connectivity index (χ3v) is 6.79. The summed E-state index contributed by atoms with van der Waals surface area (Å²) in [5.74, 6) is 0.00316. The van der Waals surface area contributed by atoms with Gasteiger partial charge in [-0.1, -0.05) is 84.1 Å². The molecule has 0 fully saturated rings. The van der Waals surface area contributed by atoms with Crippen LogP contribution in [0.3, 0.4) is 0 Å². The lowest BCUT2D eigenvalue weighted by molar-refractivity contribution is -0.144. The van der Waals surface area contributed by atoms with Crippen LogP contribution in [0.25, 0.3) is 23.6 Å². The van der Waals surface area contributed by atoms with E-state index in [0.29, 0.717) is 23.8 Å². The number of nitrogens with zero attached hydrogens (tertiary/aromatic N) is 4. The lowest BCUT2D eigenvalue weighted by atomic mass is 10.1. The number of amides is 1. The van der Waals surface area contributed by atoms with E-state index in [4.69, 9.17) is 4.74 Å². The van der Waals surface area contributed by atoms with Crippen molar-refractivity contribution in [2.45, 2.75) is 104 Å². The Labute approximate surface area is 226 Å². The smallest absolute Gasteiger partial charge is 0.306 e. The zero-order valence-corrected chi connectivity index (χ0v) is 23.1. The van der Waals surface area contributed by atoms with Gasteiger partial charge in [0.1, 0.15) is 0 Å². The van der Waals surface area contributed by atoms with Gasteiger partial charge in [0.15, 0.2) is 11.5 Å². The third kappa shape index (κ3) is 9.54. The number of fused-ring (bicyclic) bond motifs is 1. The topological polar surface area (TPSA) is 98.5 Å². The van der Waals surface area contributed by atoms with Crippen LogP contribution in [-0.4, -0.2) is 38.3 Å². The molecule has 0 saturated carbocycles. The van der Waals surface area contributed by atoms with Gasteiger partial charge in [-0.2, -0.15) is 5.10 Å². The molecule has 8 heteroatoms. The van der Waals surface area contributed by atoms with E-state index < -0.39 is 0 Å². The summed E-state index contributed by atoms with van der Waals surface area (Å²) in [5.41, 5.74) is 2.90. The van der Waals surface area contributed by atoms with Gasteiger partial charge in [0, 0.05) is 22.9 Å². The van der Waals surface area contributed by atoms with E-state index in [9.17, 15) is 9.59 Å². The first kappa shape index (κ1) is 29.3. The number of nitrogens with one attached hydrogen (secondary N) is 1. The number of benzene rings is 1. The van der Waals surface area contributed by atoms with Crippen LogP contribution < -0.4 is 10.5 Å². The molecule has 1 amide bonds. The van der Waals surface area contributed by atoms with E-state index >= 15 is 0 Å². The van der Waals surface area contributed by atoms with E-state index in [1.54, 1.807) is 12.1 Å². The number of carbonyl (C=O) groups excluding carboxylic acids is 2. The number of carbonyl (C=O) groups is 2. The van der Waals surface area contributed by atoms with Crippen molar-refractivity contribution in [1.29, 1.82) is 0 Å². The van der Waals surface area contributed by atoms with E-state index in [1.165, 1.54) is 68.8 Å². The maximum absolute atomic E-state index is 12.3. The minimum absolute atomic E-state index is 0.0795. The predicted molar refractivity (Wildman–Crippen MR) is 152 cm³/mol. The summed E-state index contributed by atoms with van der Waals surface area (Å²) in [7, 11) is 0. The van der Waals surface area contributed by atoms with Crippen LogP contribution in [0, 0.1) is 6.92 Å². The predicted octanol–water partition coefficient (Wildman–Crippen LogP) is 6.19. The standard InChI is InChI=1S/C30H43N5O3/c1-4-5-6-7-8-9-10-11-12-13-14-15-22-38-28(37)21-20-27(36)31-26-18-16-25(17-19-26)29-32-30-23(2)24(3)33-35(30)34-29/h16-19H,2,4-15,20-22H2,1,3H3,(H,31,36). The van der Waals surface area contributed by atoms with E-state index in [0.717, 1.165) is 29.3 Å². The van der Waals surface area contributed by atoms with Crippen LogP contribution in [0.1, 0.15) is 103 Å². The Morgan fingerprint density at radius 3 is 2.08 bits per heavy atom. The van der Waals surface area contributed by atoms with Crippen molar-refractivity contribution in [3.05, 3.63) is 35.2 Å². The first-order chi connectivity index (χ1) is 18.5. The molecule has 1 N–H and O–H groups in total. The largest absolute Gasteiger partial charge is 0.466 e. The van der Waals surface area contributed by atoms with Crippen LogP contribution in [0.5, 0.6) is 0 Å². The highest BCUT2D eigenvalue weighted by Gasteiger charge is 2.12. The number of aromatic nitrogens is 4. The van der Waals surface area contributed by atoms with Crippen LogP contribution in [-0.2, 0) is 14.3 Å². The van der Waals surface area contributed by atoms with Crippen LogP contribution >= 0.6 is 0 Å². The van der Waals surface area contributed by atoms with Crippen molar-refractivity contribution < 1.29 is 14.3 Å². The number of unbranched alkanes of at least 4 members (excludes halogenated alkanes) is 11. The highest BCUT2D eigenvalue weighted by Crippen LogP contribution is 2.19. The van der Waals surface area contributed by atoms with Gasteiger partial charge in [0.05, 0.1) is 18.7 Å². The van der Waals surface area contributed by atoms with Crippen LogP contribution in [0.15, 0.2) is 24.3 Å². The fourth-order valence-electron chi connectivity index (χ4n) is 4.39. The molecule has 3 aromatic rings. The second kappa shape index (κ2) is 15.8. The average Bonchev–Trinajstić information content (AvgIpc) is 3.44. The Hall–Kier alpha value is -3.29. The van der Waals surface area contributed by atoms with E-state index in [-0.39, 0.29) is 24.7 Å². The number of aryl methyl sites for hydroxylation is 1. The minimum atomic E-state index is -0.322. The summed E-state index contributed by atoms with van der Waals surface area (Å²) in [6.45, 7) is 8.53. The highest BCUT2D eigenvalue weighted by molar-refractivity contribution is 5.92. The van der Waals surface area contributed by atoms with Crippen molar-refractivity contribution in [3.63, 3.8) is 0 Å². The molecule has 8 nitrogen and oxygen atoms in total. The van der Waals surface area contributed by atoms with Crippen molar-refractivity contribution in [1.82, 2.24) is 19.8 Å². The molecule has 0 radical (unpaired) electrons. The molecule has 0 bridgehead atoms. The molecular formula is C30H43N5O3. The van der Waals surface area contributed by atoms with Gasteiger partial charge in [0.25, 0.3) is 0 Å². The zero-order valence-electron chi connectivity index (χ0n) is 23.1. The molecule has 1 aromatic carbocycles. The number of esters is 1. The maximum Gasteiger partial charge on any atom is 0.306 e. The summed E-state index contributed by atoms with van der Waals surface area (Å²) in [4.78, 5) is 28.7. The molecule has 0 aliphatic rings. The lowest BCUT2D eigenvalue weighted by Crippen LogP contribution is -2.14. The van der Waals surface area contributed by atoms with Crippen LogP contribution in [0.2, 0.25) is 0 Å². The van der Waals surface area contributed by atoms with Gasteiger partial charge < -0.3 is 10.1 Å². The Kier molecular flexibility index (Phi) is 12.2. The number of ether oxygens (including phenoxy) is 1. The Morgan fingerprint density at radius 2 is 1.47 bits per heavy atom. The molecule has 0 atom stereocenters. The number of anilines is 1. The summed E-state index contributed by atoms with van der Waals surface area (Å²) in [6.07, 6.45) is 15.4. The summed E-state index contributed by atoms with van der Waals surface area (Å²) in [6, 6.07) is 7.25. The molecule has 2 heterocycles. The first-order valence-electron chi connectivity index (χ1n) is 14.3. The fraction of sp³-hybridized carbons (Fsp3) is 0.567. The van der Waals surface area contributed by atoms with Gasteiger partial charge in [-0.25, -0.2) is 4.98 Å². The van der Waals surface area contributed by atoms with Crippen molar-refractivity contribution in [2.24, 2.45) is 0 Å². The monoisotopic (exact) mass is 521 g/mol. The molecule has 38 heavy (non-hydrogen) atoms. The maximum atomic E-state index is 12.3. The first-order valence-corrected chi connectivity index (χ1v) is 14.3. The van der Waals surface area contributed by atoms with Crippen molar-refractivity contribution in [2.75, 3.05) is 11.9 Å². The molecule has 0 aliphatic carbocycles. The lowest BCUT2D eigenvalue weighted by Gasteiger charge is -2.07. The summed E-state index contributed by atoms with van der Waals surface area (Å²) in [5, 5.41) is 12.3. The SMILES string of the molecule is C=c1c(C)nn2nc(-c3ccc(NC(=O)CCC(=O)OCCCCCCCCCCCCCC)cc3)nc12. The molecule has 0 unspecified atom stereocenters. The number of hydrogen-bond acceptors (Lipinski definition) is 6. The highest BCUT2D eigenvalue weighted by atomic mass is 16.5. The zero-order chi connectivity index (χ0) is 27.2. The van der Waals surface area contributed by atoms with Crippen molar-refractivity contribution in [3.8, 4) is 11.4 Å². The Morgan fingerprint density at radius 1 is 0.868 bits per heavy atom. The third-order valence-electron chi connectivity index (χ3n) is 6.79. The average molecular weight is 522 g/mol. The molecule has 0 saturated heterocycles.